The van der Waals surface area contributed by atoms with Crippen LogP contribution in [0.1, 0.15) is 43.7 Å². The molecule has 0 spiro atoms. The van der Waals surface area contributed by atoms with E-state index in [-0.39, 0.29) is 5.28 Å². The Hall–Kier alpha value is -2.05. The third-order valence-corrected chi connectivity index (χ3v) is 6.38. The Morgan fingerprint density at radius 1 is 1.22 bits per heavy atom. The Morgan fingerprint density at radius 3 is 2.59 bits per heavy atom. The van der Waals surface area contributed by atoms with E-state index in [4.69, 9.17) is 11.6 Å². The average molecular weight is 402 g/mol. The Kier molecular flexibility index (Phi) is 4.64. The number of hydrogen-bond donors (Lipinski definition) is 1. The molecule has 0 aliphatic heterocycles. The Bertz CT molecular complexity index is 1030. The summed E-state index contributed by atoms with van der Waals surface area (Å²) in [6, 6.07) is 12.8. The zero-order valence-corrected chi connectivity index (χ0v) is 16.7. The molecule has 0 amide bonds. The third kappa shape index (κ3) is 3.56. The summed E-state index contributed by atoms with van der Waals surface area (Å²) in [4.78, 5) is 11.5. The van der Waals surface area contributed by atoms with Crippen molar-refractivity contribution in [2.75, 3.05) is 0 Å². The van der Waals surface area contributed by atoms with Gasteiger partial charge in [0.05, 0.1) is 6.54 Å². The summed E-state index contributed by atoms with van der Waals surface area (Å²) in [5, 5.41) is 20.7. The molecule has 0 atom stereocenters. The molecule has 0 saturated heterocycles. The van der Waals surface area contributed by atoms with Crippen molar-refractivity contribution >= 4 is 40.1 Å². The zero-order chi connectivity index (χ0) is 19.2. The van der Waals surface area contributed by atoms with Gasteiger partial charge in [-0.1, -0.05) is 48.2 Å². The number of carboxylic acids is 1. The standard InChI is InChI=1S/C20H20ClN3O2S/c1-20(2,17(25)26)27-19-23-22-18(21)24(19)11-13-9-10-15(12-7-8-12)16-6-4-3-5-14(13)16/h3-6,9-10,12H,7-8,11H2,1-2H3,(H,25,26). The van der Waals surface area contributed by atoms with Gasteiger partial charge in [0, 0.05) is 0 Å². The van der Waals surface area contributed by atoms with Gasteiger partial charge in [-0.3, -0.25) is 9.36 Å². The fourth-order valence-electron chi connectivity index (χ4n) is 3.19. The molecule has 1 N–H and O–H groups in total. The van der Waals surface area contributed by atoms with Gasteiger partial charge in [-0.15, -0.1) is 10.2 Å². The van der Waals surface area contributed by atoms with Gasteiger partial charge in [-0.25, -0.2) is 0 Å². The molecule has 3 aromatic rings. The van der Waals surface area contributed by atoms with Crippen molar-refractivity contribution in [2.45, 2.75) is 49.1 Å². The number of hydrogen-bond acceptors (Lipinski definition) is 4. The molecule has 0 bridgehead atoms. The number of carboxylic acid groups (broad SMARTS) is 1. The van der Waals surface area contributed by atoms with Crippen LogP contribution in [0.25, 0.3) is 10.8 Å². The van der Waals surface area contributed by atoms with Crippen molar-refractivity contribution in [3.8, 4) is 0 Å². The topological polar surface area (TPSA) is 68.0 Å². The van der Waals surface area contributed by atoms with Crippen molar-refractivity contribution in [1.29, 1.82) is 0 Å². The summed E-state index contributed by atoms with van der Waals surface area (Å²) in [5.41, 5.74) is 2.53. The molecular weight excluding hydrogens is 382 g/mol. The van der Waals surface area contributed by atoms with Crippen LogP contribution in [0.15, 0.2) is 41.6 Å². The summed E-state index contributed by atoms with van der Waals surface area (Å²) in [6.07, 6.45) is 2.51. The van der Waals surface area contributed by atoms with Gasteiger partial charge in [-0.2, -0.15) is 0 Å². The highest BCUT2D eigenvalue weighted by molar-refractivity contribution is 8.01. The lowest BCUT2D eigenvalue weighted by atomic mass is 9.97. The molecule has 2 aromatic carbocycles. The largest absolute Gasteiger partial charge is 0.480 e. The molecule has 1 aromatic heterocycles. The van der Waals surface area contributed by atoms with E-state index in [9.17, 15) is 9.90 Å². The maximum absolute atomic E-state index is 11.5. The van der Waals surface area contributed by atoms with Crippen molar-refractivity contribution in [2.24, 2.45) is 0 Å². The van der Waals surface area contributed by atoms with Crippen molar-refractivity contribution in [3.05, 3.63) is 52.8 Å². The minimum Gasteiger partial charge on any atom is -0.480 e. The molecule has 5 nitrogen and oxygen atoms in total. The number of fused-ring (bicyclic) bond motifs is 1. The van der Waals surface area contributed by atoms with E-state index in [1.165, 1.54) is 29.2 Å². The summed E-state index contributed by atoms with van der Waals surface area (Å²) in [7, 11) is 0. The highest BCUT2D eigenvalue weighted by atomic mass is 35.5. The van der Waals surface area contributed by atoms with Crippen LogP contribution in [0.4, 0.5) is 0 Å². The first kappa shape index (κ1) is 18.3. The second-order valence-corrected chi connectivity index (χ2v) is 9.32. The summed E-state index contributed by atoms with van der Waals surface area (Å²) in [5.74, 6) is -0.234. The maximum Gasteiger partial charge on any atom is 0.319 e. The number of thioether (sulfide) groups is 1. The SMILES string of the molecule is CC(C)(Sc1nnc(Cl)n1Cc1ccc(C2CC2)c2ccccc12)C(=O)O. The van der Waals surface area contributed by atoms with Crippen LogP contribution in [0.2, 0.25) is 5.28 Å². The van der Waals surface area contributed by atoms with Crippen molar-refractivity contribution < 1.29 is 9.90 Å². The molecule has 4 rings (SSSR count). The highest BCUT2D eigenvalue weighted by Crippen LogP contribution is 2.44. The van der Waals surface area contributed by atoms with E-state index < -0.39 is 10.7 Å². The lowest BCUT2D eigenvalue weighted by Crippen LogP contribution is -2.27. The number of halogens is 1. The normalized spacial score (nSPS) is 14.6. The number of benzene rings is 2. The third-order valence-electron chi connectivity index (χ3n) is 4.93. The summed E-state index contributed by atoms with van der Waals surface area (Å²) in [6.45, 7) is 3.79. The number of carbonyl (C=O) groups is 1. The molecule has 0 radical (unpaired) electrons. The van der Waals surface area contributed by atoms with Gasteiger partial charge < -0.3 is 5.11 Å². The van der Waals surface area contributed by atoms with Crippen LogP contribution in [-0.4, -0.2) is 30.6 Å². The van der Waals surface area contributed by atoms with Gasteiger partial charge in [0.25, 0.3) is 0 Å². The zero-order valence-electron chi connectivity index (χ0n) is 15.1. The molecule has 1 aliphatic rings. The van der Waals surface area contributed by atoms with E-state index in [2.05, 4.69) is 40.5 Å². The molecule has 1 saturated carbocycles. The lowest BCUT2D eigenvalue weighted by molar-refractivity contribution is -0.138. The highest BCUT2D eigenvalue weighted by Gasteiger charge is 2.31. The monoisotopic (exact) mass is 401 g/mol. The van der Waals surface area contributed by atoms with Crippen LogP contribution in [-0.2, 0) is 11.3 Å². The van der Waals surface area contributed by atoms with Gasteiger partial charge >= 0.3 is 5.97 Å². The number of aromatic nitrogens is 3. The van der Waals surface area contributed by atoms with Crippen molar-refractivity contribution in [1.82, 2.24) is 14.8 Å². The van der Waals surface area contributed by atoms with Crippen molar-refractivity contribution in [3.63, 3.8) is 0 Å². The molecule has 1 heterocycles. The predicted octanol–water partition coefficient (Wildman–Crippen LogP) is 4.97. The van der Waals surface area contributed by atoms with Gasteiger partial charge in [0.2, 0.25) is 5.28 Å². The van der Waals surface area contributed by atoms with E-state index in [1.807, 2.05) is 6.07 Å². The molecule has 140 valence electrons. The Labute approximate surface area is 166 Å². The summed E-state index contributed by atoms with van der Waals surface area (Å²) >= 11 is 7.42. The molecule has 1 fully saturated rings. The van der Waals surface area contributed by atoms with Crippen LogP contribution >= 0.6 is 23.4 Å². The van der Waals surface area contributed by atoms with Gasteiger partial charge in [-0.05, 0) is 66.1 Å². The lowest BCUT2D eigenvalue weighted by Gasteiger charge is -2.18. The van der Waals surface area contributed by atoms with E-state index in [0.717, 1.165) is 17.3 Å². The molecule has 0 unspecified atom stereocenters. The van der Waals surface area contributed by atoms with Crippen LogP contribution in [0.3, 0.4) is 0 Å². The fraction of sp³-hybridized carbons (Fsp3) is 0.350. The molecule has 1 aliphatic carbocycles. The van der Waals surface area contributed by atoms with E-state index in [0.29, 0.717) is 17.6 Å². The molecule has 7 heteroatoms. The number of aliphatic carboxylic acids is 1. The van der Waals surface area contributed by atoms with Crippen LogP contribution < -0.4 is 0 Å². The smallest absolute Gasteiger partial charge is 0.319 e. The number of nitrogens with zero attached hydrogens (tertiary/aromatic N) is 3. The van der Waals surface area contributed by atoms with Gasteiger partial charge in [0.1, 0.15) is 4.75 Å². The van der Waals surface area contributed by atoms with Crippen LogP contribution in [0, 0.1) is 0 Å². The molecular formula is C20H20ClN3O2S. The number of rotatable bonds is 6. The second-order valence-electron chi connectivity index (χ2n) is 7.39. The van der Waals surface area contributed by atoms with E-state index >= 15 is 0 Å². The summed E-state index contributed by atoms with van der Waals surface area (Å²) < 4.78 is 0.751. The maximum atomic E-state index is 11.5. The average Bonchev–Trinajstić information content (AvgIpc) is 3.42. The van der Waals surface area contributed by atoms with E-state index in [1.54, 1.807) is 18.4 Å². The quantitative estimate of drug-likeness (QED) is 0.591. The second kappa shape index (κ2) is 6.84. The predicted molar refractivity (Wildman–Crippen MR) is 108 cm³/mol. The minimum atomic E-state index is -1.02. The minimum absolute atomic E-state index is 0.258. The molecule has 27 heavy (non-hydrogen) atoms. The fourth-order valence-corrected chi connectivity index (χ4v) is 4.31. The first-order chi connectivity index (χ1) is 12.9. The first-order valence-electron chi connectivity index (χ1n) is 8.88. The van der Waals surface area contributed by atoms with Gasteiger partial charge in [0.15, 0.2) is 5.16 Å². The Morgan fingerprint density at radius 2 is 1.93 bits per heavy atom. The Balaban J connectivity index is 1.72. The first-order valence-corrected chi connectivity index (χ1v) is 10.1. The van der Waals surface area contributed by atoms with Crippen LogP contribution in [0.5, 0.6) is 0 Å².